The molecule has 1 aliphatic heterocycles. The molecule has 74 valence electrons. The van der Waals surface area contributed by atoms with Gasteiger partial charge in [0.1, 0.15) is 11.5 Å². The van der Waals surface area contributed by atoms with Crippen LogP contribution in [0.1, 0.15) is 10.5 Å². The number of pyridine rings is 1. The maximum Gasteiger partial charge on any atom is 0.270 e. The zero-order valence-electron chi connectivity index (χ0n) is 7.37. The topological polar surface area (TPSA) is 51.2 Å². The number of hydrogen-bond acceptors (Lipinski definition) is 3. The Bertz CT molecular complexity index is 335. The largest absolute Gasteiger partial charge is 0.377 e. The van der Waals surface area contributed by atoms with E-state index < -0.39 is 5.82 Å². The molecule has 0 radical (unpaired) electrons. The van der Waals surface area contributed by atoms with E-state index in [4.69, 9.17) is 4.74 Å². The van der Waals surface area contributed by atoms with Gasteiger partial charge in [-0.3, -0.25) is 4.79 Å². The van der Waals surface area contributed by atoms with Crippen LogP contribution in [0.3, 0.4) is 0 Å². The number of nitrogens with zero attached hydrogens (tertiary/aromatic N) is 1. The van der Waals surface area contributed by atoms with E-state index in [2.05, 4.69) is 10.3 Å². The minimum absolute atomic E-state index is 0.0642. The summed E-state index contributed by atoms with van der Waals surface area (Å²) in [6.45, 7) is 1.07. The van der Waals surface area contributed by atoms with Crippen molar-refractivity contribution in [1.29, 1.82) is 0 Å². The summed E-state index contributed by atoms with van der Waals surface area (Å²) in [5, 5.41) is 2.70. The van der Waals surface area contributed by atoms with E-state index in [0.29, 0.717) is 13.2 Å². The van der Waals surface area contributed by atoms with E-state index in [0.717, 1.165) is 6.20 Å². The Labute approximate surface area is 80.1 Å². The summed E-state index contributed by atoms with van der Waals surface area (Å²) < 4.78 is 17.4. The van der Waals surface area contributed by atoms with Crippen LogP contribution in [-0.4, -0.2) is 30.1 Å². The quantitative estimate of drug-likeness (QED) is 0.742. The van der Waals surface area contributed by atoms with Gasteiger partial charge in [0.2, 0.25) is 0 Å². The van der Waals surface area contributed by atoms with Gasteiger partial charge in [0.15, 0.2) is 0 Å². The second-order valence-corrected chi connectivity index (χ2v) is 3.07. The van der Waals surface area contributed by atoms with Gasteiger partial charge >= 0.3 is 0 Å². The van der Waals surface area contributed by atoms with E-state index in [-0.39, 0.29) is 17.6 Å². The first-order valence-electron chi connectivity index (χ1n) is 4.26. The average molecular weight is 196 g/mol. The van der Waals surface area contributed by atoms with Crippen molar-refractivity contribution in [3.05, 3.63) is 29.8 Å². The number of nitrogens with one attached hydrogen (secondary N) is 1. The molecule has 0 aliphatic carbocycles. The summed E-state index contributed by atoms with van der Waals surface area (Å²) in [4.78, 5) is 15.1. The highest BCUT2D eigenvalue weighted by atomic mass is 19.1. The highest BCUT2D eigenvalue weighted by Crippen LogP contribution is 2.02. The Morgan fingerprint density at radius 1 is 1.57 bits per heavy atom. The van der Waals surface area contributed by atoms with E-state index in [1.165, 1.54) is 12.1 Å². The smallest absolute Gasteiger partial charge is 0.270 e. The molecule has 1 amide bonds. The predicted octanol–water partition coefficient (Wildman–Crippen LogP) is 0.349. The molecule has 14 heavy (non-hydrogen) atoms. The first-order valence-corrected chi connectivity index (χ1v) is 4.26. The lowest BCUT2D eigenvalue weighted by atomic mass is 10.2. The maximum atomic E-state index is 12.5. The number of aromatic nitrogens is 1. The molecule has 4 nitrogen and oxygen atoms in total. The minimum Gasteiger partial charge on any atom is -0.377 e. The van der Waals surface area contributed by atoms with Crippen molar-refractivity contribution in [3.63, 3.8) is 0 Å². The Kier molecular flexibility index (Phi) is 2.41. The predicted molar refractivity (Wildman–Crippen MR) is 46.3 cm³/mol. The third kappa shape index (κ3) is 1.88. The van der Waals surface area contributed by atoms with Crippen LogP contribution in [-0.2, 0) is 4.74 Å². The maximum absolute atomic E-state index is 12.5. The van der Waals surface area contributed by atoms with E-state index in [1.807, 2.05) is 0 Å². The lowest BCUT2D eigenvalue weighted by molar-refractivity contribution is -0.00355. The summed E-state index contributed by atoms with van der Waals surface area (Å²) in [6.07, 6.45) is 1.02. The minimum atomic E-state index is -0.450. The van der Waals surface area contributed by atoms with Gasteiger partial charge in [0.05, 0.1) is 25.5 Å². The van der Waals surface area contributed by atoms with Crippen LogP contribution < -0.4 is 5.32 Å². The van der Waals surface area contributed by atoms with Crippen molar-refractivity contribution >= 4 is 5.91 Å². The standard InChI is InChI=1S/C9H9FN2O2/c10-6-1-2-8(11-3-6)9(13)12-7-4-14-5-7/h1-3,7H,4-5H2,(H,12,13). The van der Waals surface area contributed by atoms with Gasteiger partial charge < -0.3 is 10.1 Å². The molecule has 0 saturated carbocycles. The third-order valence-electron chi connectivity index (χ3n) is 1.93. The average Bonchev–Trinajstić information content (AvgIpc) is 2.12. The SMILES string of the molecule is O=C(NC1COC1)c1ccc(F)cn1. The van der Waals surface area contributed by atoms with Crippen molar-refractivity contribution in [2.75, 3.05) is 13.2 Å². The molecule has 0 bridgehead atoms. The van der Waals surface area contributed by atoms with Crippen molar-refractivity contribution in [2.45, 2.75) is 6.04 Å². The molecule has 1 aromatic rings. The zero-order valence-corrected chi connectivity index (χ0v) is 7.37. The van der Waals surface area contributed by atoms with Crippen LogP contribution in [0.15, 0.2) is 18.3 Å². The molecule has 2 heterocycles. The highest BCUT2D eigenvalue weighted by molar-refractivity contribution is 5.92. The molecule has 0 spiro atoms. The molecule has 2 rings (SSSR count). The molecule has 0 atom stereocenters. The highest BCUT2D eigenvalue weighted by Gasteiger charge is 2.21. The number of ether oxygens (including phenoxy) is 1. The van der Waals surface area contributed by atoms with Gasteiger partial charge in [-0.25, -0.2) is 9.37 Å². The Morgan fingerprint density at radius 2 is 2.36 bits per heavy atom. The normalized spacial score (nSPS) is 16.1. The Balaban J connectivity index is 1.99. The van der Waals surface area contributed by atoms with E-state index in [1.54, 1.807) is 0 Å². The fourth-order valence-corrected chi connectivity index (χ4v) is 1.09. The van der Waals surface area contributed by atoms with Crippen LogP contribution in [0.4, 0.5) is 4.39 Å². The molecule has 1 N–H and O–H groups in total. The molecular weight excluding hydrogens is 187 g/mol. The summed E-state index contributed by atoms with van der Waals surface area (Å²) >= 11 is 0. The van der Waals surface area contributed by atoms with E-state index in [9.17, 15) is 9.18 Å². The van der Waals surface area contributed by atoms with Crippen LogP contribution in [0.25, 0.3) is 0 Å². The van der Waals surface area contributed by atoms with Gasteiger partial charge in [-0.1, -0.05) is 0 Å². The van der Waals surface area contributed by atoms with Crippen molar-refractivity contribution in [3.8, 4) is 0 Å². The van der Waals surface area contributed by atoms with Crippen molar-refractivity contribution in [2.24, 2.45) is 0 Å². The molecule has 1 aliphatic rings. The molecule has 5 heteroatoms. The van der Waals surface area contributed by atoms with Crippen LogP contribution in [0.5, 0.6) is 0 Å². The number of halogens is 1. The fraction of sp³-hybridized carbons (Fsp3) is 0.333. The number of hydrogen-bond donors (Lipinski definition) is 1. The lowest BCUT2D eigenvalue weighted by Crippen LogP contribution is -2.48. The third-order valence-corrected chi connectivity index (χ3v) is 1.93. The summed E-state index contributed by atoms with van der Waals surface area (Å²) in [5.41, 5.74) is 0.221. The Morgan fingerprint density at radius 3 is 2.86 bits per heavy atom. The van der Waals surface area contributed by atoms with Gasteiger partial charge in [0.25, 0.3) is 5.91 Å². The van der Waals surface area contributed by atoms with Crippen LogP contribution in [0.2, 0.25) is 0 Å². The number of carbonyl (C=O) groups excluding carboxylic acids is 1. The second kappa shape index (κ2) is 3.71. The summed E-state index contributed by atoms with van der Waals surface area (Å²) in [7, 11) is 0. The van der Waals surface area contributed by atoms with Crippen LogP contribution in [0, 0.1) is 5.82 Å². The molecule has 1 fully saturated rings. The summed E-state index contributed by atoms with van der Waals surface area (Å²) in [6, 6.07) is 2.62. The molecule has 1 saturated heterocycles. The molecule has 1 aromatic heterocycles. The number of rotatable bonds is 2. The number of amides is 1. The zero-order chi connectivity index (χ0) is 9.97. The monoisotopic (exact) mass is 196 g/mol. The van der Waals surface area contributed by atoms with Gasteiger partial charge in [-0.05, 0) is 12.1 Å². The fourth-order valence-electron chi connectivity index (χ4n) is 1.09. The first-order chi connectivity index (χ1) is 6.75. The van der Waals surface area contributed by atoms with Crippen molar-refractivity contribution in [1.82, 2.24) is 10.3 Å². The van der Waals surface area contributed by atoms with Crippen molar-refractivity contribution < 1.29 is 13.9 Å². The van der Waals surface area contributed by atoms with E-state index >= 15 is 0 Å². The first kappa shape index (κ1) is 9.08. The molecular formula is C9H9FN2O2. The molecule has 0 unspecified atom stereocenters. The lowest BCUT2D eigenvalue weighted by Gasteiger charge is -2.26. The van der Waals surface area contributed by atoms with Gasteiger partial charge in [0, 0.05) is 0 Å². The van der Waals surface area contributed by atoms with Gasteiger partial charge in [-0.15, -0.1) is 0 Å². The van der Waals surface area contributed by atoms with Crippen LogP contribution >= 0.6 is 0 Å². The second-order valence-electron chi connectivity index (χ2n) is 3.07. The Hall–Kier alpha value is -1.49. The number of carbonyl (C=O) groups is 1. The van der Waals surface area contributed by atoms with Gasteiger partial charge in [-0.2, -0.15) is 0 Å². The molecule has 0 aromatic carbocycles. The summed E-state index contributed by atoms with van der Waals surface area (Å²) in [5.74, 6) is -0.744.